The monoisotopic (exact) mass is 680 g/mol. The average molecular weight is 681 g/mol. The predicted octanol–water partition coefficient (Wildman–Crippen LogP) is 2.61. The first kappa shape index (κ1) is 38.6. The SMILES string of the molecule is C=CC(C)(C)OC[C@H]1O[C@H](O[C@@H]2C3=C([C@@H](C)COC(C)=O)C[C@H](O)[C@@H]3C(C)=C3[C@@H](COC)CC[C@H]3[C@@H](C)[C@H]2O)[C@H](OC(C)=O)[C@@H](O)[C@@H]1O. The predicted molar refractivity (Wildman–Crippen MR) is 174 cm³/mol. The smallest absolute Gasteiger partial charge is 0.303 e. The van der Waals surface area contributed by atoms with E-state index in [-0.39, 0.29) is 43.3 Å². The minimum atomic E-state index is -1.60. The molecule has 0 spiro atoms. The van der Waals surface area contributed by atoms with E-state index in [1.54, 1.807) is 27.0 Å². The van der Waals surface area contributed by atoms with Crippen LogP contribution in [0.3, 0.4) is 0 Å². The Kier molecular flexibility index (Phi) is 12.7. The van der Waals surface area contributed by atoms with Gasteiger partial charge in [-0.2, -0.15) is 0 Å². The van der Waals surface area contributed by atoms with Crippen LogP contribution in [0.4, 0.5) is 0 Å². The fourth-order valence-electron chi connectivity index (χ4n) is 8.11. The highest BCUT2D eigenvalue weighted by atomic mass is 16.7. The van der Waals surface area contributed by atoms with Crippen molar-refractivity contribution in [2.45, 2.75) is 122 Å². The first-order valence-corrected chi connectivity index (χ1v) is 17.1. The molecule has 0 radical (unpaired) electrons. The number of aliphatic hydroxyl groups is 4. The van der Waals surface area contributed by atoms with E-state index in [9.17, 15) is 30.0 Å². The Morgan fingerprint density at radius 1 is 1.04 bits per heavy atom. The van der Waals surface area contributed by atoms with Gasteiger partial charge >= 0.3 is 11.9 Å². The summed E-state index contributed by atoms with van der Waals surface area (Å²) < 4.78 is 35.3. The maximum absolute atomic E-state index is 12.3. The normalized spacial score (nSPS) is 37.8. The Morgan fingerprint density at radius 3 is 2.33 bits per heavy atom. The van der Waals surface area contributed by atoms with Crippen molar-refractivity contribution in [3.05, 3.63) is 34.9 Å². The molecule has 0 aromatic carbocycles. The summed E-state index contributed by atoms with van der Waals surface area (Å²) >= 11 is 0. The van der Waals surface area contributed by atoms with Crippen molar-refractivity contribution in [2.24, 2.45) is 29.6 Å². The molecule has 4 aliphatic rings. The summed E-state index contributed by atoms with van der Waals surface area (Å²) in [5.74, 6) is -2.19. The molecule has 0 bridgehead atoms. The van der Waals surface area contributed by atoms with Crippen molar-refractivity contribution in [1.82, 2.24) is 0 Å². The van der Waals surface area contributed by atoms with Crippen LogP contribution in [0.15, 0.2) is 34.9 Å². The van der Waals surface area contributed by atoms with Crippen LogP contribution in [-0.2, 0) is 38.0 Å². The Labute approximate surface area is 284 Å². The molecule has 1 saturated heterocycles. The van der Waals surface area contributed by atoms with E-state index < -0.39 is 72.5 Å². The van der Waals surface area contributed by atoms with Crippen LogP contribution in [0.2, 0.25) is 0 Å². The minimum Gasteiger partial charge on any atom is -0.465 e. The molecule has 1 aliphatic heterocycles. The van der Waals surface area contributed by atoms with Crippen LogP contribution in [0.5, 0.6) is 0 Å². The molecule has 12 nitrogen and oxygen atoms in total. The number of carbonyl (C=O) groups excluding carboxylic acids is 2. The first-order valence-electron chi connectivity index (χ1n) is 17.1. The third kappa shape index (κ3) is 8.07. The molecule has 0 aromatic heterocycles. The van der Waals surface area contributed by atoms with Gasteiger partial charge in [-0.15, -0.1) is 6.58 Å². The Bertz CT molecular complexity index is 1240. The number of rotatable bonds is 12. The van der Waals surface area contributed by atoms with Gasteiger partial charge in [-0.05, 0) is 57.4 Å². The lowest BCUT2D eigenvalue weighted by Gasteiger charge is -2.46. The van der Waals surface area contributed by atoms with Crippen molar-refractivity contribution >= 4 is 11.9 Å². The molecule has 4 N–H and O–H groups in total. The van der Waals surface area contributed by atoms with E-state index in [2.05, 4.69) is 6.58 Å². The molecule has 0 unspecified atom stereocenters. The van der Waals surface area contributed by atoms with Gasteiger partial charge in [0.25, 0.3) is 0 Å². The summed E-state index contributed by atoms with van der Waals surface area (Å²) in [6, 6.07) is 0. The number of ether oxygens (including phenoxy) is 6. The van der Waals surface area contributed by atoms with E-state index >= 15 is 0 Å². The summed E-state index contributed by atoms with van der Waals surface area (Å²) in [7, 11) is 1.67. The molecule has 3 aliphatic carbocycles. The number of hydrogen-bond donors (Lipinski definition) is 4. The van der Waals surface area contributed by atoms with Gasteiger partial charge < -0.3 is 48.8 Å². The third-order valence-electron chi connectivity index (χ3n) is 10.7. The van der Waals surface area contributed by atoms with Gasteiger partial charge in [0.15, 0.2) is 12.4 Å². The Hall–Kier alpha value is -2.16. The lowest BCUT2D eigenvalue weighted by atomic mass is 9.71. The van der Waals surface area contributed by atoms with Crippen LogP contribution in [0, 0.1) is 29.6 Å². The molecule has 0 aromatic rings. The van der Waals surface area contributed by atoms with Crippen LogP contribution < -0.4 is 0 Å². The second-order valence-corrected chi connectivity index (χ2v) is 14.5. The number of carbonyl (C=O) groups is 2. The van der Waals surface area contributed by atoms with Gasteiger partial charge in [-0.3, -0.25) is 9.59 Å². The van der Waals surface area contributed by atoms with Gasteiger partial charge in [0, 0.05) is 38.7 Å². The fraction of sp³-hybridized carbons (Fsp3) is 0.778. The third-order valence-corrected chi connectivity index (χ3v) is 10.7. The number of esters is 2. The first-order chi connectivity index (χ1) is 22.5. The number of aliphatic hydroxyl groups excluding tert-OH is 4. The van der Waals surface area contributed by atoms with E-state index in [4.69, 9.17) is 28.4 Å². The van der Waals surface area contributed by atoms with Crippen LogP contribution in [-0.4, -0.2) is 114 Å². The van der Waals surface area contributed by atoms with Crippen LogP contribution in [0.1, 0.15) is 67.7 Å². The van der Waals surface area contributed by atoms with Crippen molar-refractivity contribution in [1.29, 1.82) is 0 Å². The van der Waals surface area contributed by atoms with Crippen molar-refractivity contribution < 1.29 is 58.4 Å². The van der Waals surface area contributed by atoms with Crippen LogP contribution in [0.25, 0.3) is 0 Å². The number of methoxy groups -OCH3 is 1. The Balaban J connectivity index is 1.83. The van der Waals surface area contributed by atoms with Gasteiger partial charge in [0.05, 0.1) is 37.6 Å². The van der Waals surface area contributed by atoms with Crippen LogP contribution >= 0.6 is 0 Å². The zero-order chi connectivity index (χ0) is 35.7. The zero-order valence-electron chi connectivity index (χ0n) is 29.6. The van der Waals surface area contributed by atoms with E-state index in [0.29, 0.717) is 12.2 Å². The lowest BCUT2D eigenvalue weighted by Crippen LogP contribution is -2.62. The van der Waals surface area contributed by atoms with E-state index in [1.165, 1.54) is 19.4 Å². The molecule has 4 rings (SSSR count). The molecule has 2 fully saturated rings. The molecule has 12 heteroatoms. The molecule has 272 valence electrons. The largest absolute Gasteiger partial charge is 0.465 e. The van der Waals surface area contributed by atoms with Crippen molar-refractivity contribution in [3.63, 3.8) is 0 Å². The molecular weight excluding hydrogens is 624 g/mol. The molecule has 13 atom stereocenters. The molecular formula is C36H56O12. The topological polar surface area (TPSA) is 170 Å². The van der Waals surface area contributed by atoms with E-state index in [0.717, 1.165) is 24.0 Å². The zero-order valence-corrected chi connectivity index (χ0v) is 29.6. The standard InChI is InChI=1S/C36H56O12/c1-10-36(7,8)45-16-26-31(41)32(42)34(46-21(6)38)35(47-26)48-33-29-24(17(2)14-44-20(5)37)13-25(39)28(29)19(4)27-22(15-43-9)11-12-23(27)18(3)30(33)40/h10,17-18,22-23,25-26,28,30-35,39-42H,1,11-16H2,2-9H3/t17-,18+,22+,23-,25-,26+,28-,30+,31+,32-,33+,34+,35+/m0/s1. The quantitative estimate of drug-likeness (QED) is 0.176. The molecule has 0 amide bonds. The molecule has 1 saturated carbocycles. The van der Waals surface area contributed by atoms with E-state index in [1.807, 2.05) is 20.8 Å². The number of fused-ring (bicyclic) bond motifs is 2. The summed E-state index contributed by atoms with van der Waals surface area (Å²) in [4.78, 5) is 24.0. The fourth-order valence-corrected chi connectivity index (χ4v) is 8.11. The molecule has 48 heavy (non-hydrogen) atoms. The van der Waals surface area contributed by atoms with Gasteiger partial charge in [-0.1, -0.05) is 36.6 Å². The maximum atomic E-state index is 12.3. The summed E-state index contributed by atoms with van der Waals surface area (Å²) in [5, 5.41) is 46.3. The second-order valence-electron chi connectivity index (χ2n) is 14.5. The summed E-state index contributed by atoms with van der Waals surface area (Å²) in [6.45, 7) is 16.2. The highest BCUT2D eigenvalue weighted by Crippen LogP contribution is 2.53. The summed E-state index contributed by atoms with van der Waals surface area (Å²) in [6.07, 6.45) is -6.51. The Morgan fingerprint density at radius 2 is 1.73 bits per heavy atom. The summed E-state index contributed by atoms with van der Waals surface area (Å²) in [5.41, 5.74) is 2.86. The van der Waals surface area contributed by atoms with Crippen molar-refractivity contribution in [2.75, 3.05) is 26.9 Å². The number of hydrogen-bond acceptors (Lipinski definition) is 12. The van der Waals surface area contributed by atoms with Crippen molar-refractivity contribution in [3.8, 4) is 0 Å². The lowest BCUT2D eigenvalue weighted by molar-refractivity contribution is -0.320. The highest BCUT2D eigenvalue weighted by molar-refractivity contribution is 5.66. The maximum Gasteiger partial charge on any atom is 0.303 e. The highest BCUT2D eigenvalue weighted by Gasteiger charge is 2.54. The van der Waals surface area contributed by atoms with Gasteiger partial charge in [0.1, 0.15) is 24.4 Å². The minimum absolute atomic E-state index is 0.00578. The molecule has 1 heterocycles. The van der Waals surface area contributed by atoms with Gasteiger partial charge in [-0.25, -0.2) is 0 Å². The second kappa shape index (κ2) is 15.8. The average Bonchev–Trinajstić information content (AvgIpc) is 3.60. The van der Waals surface area contributed by atoms with Gasteiger partial charge in [0.2, 0.25) is 0 Å².